The summed E-state index contributed by atoms with van der Waals surface area (Å²) in [6.45, 7) is 7.22. The average molecular weight is 460 g/mol. The van der Waals surface area contributed by atoms with Gasteiger partial charge in [-0.3, -0.25) is 14.3 Å². The van der Waals surface area contributed by atoms with Gasteiger partial charge in [-0.15, -0.1) is 0 Å². The maximum atomic E-state index is 13.3. The van der Waals surface area contributed by atoms with Crippen LogP contribution in [-0.2, 0) is 6.54 Å². The Morgan fingerprint density at radius 3 is 2.52 bits per heavy atom. The van der Waals surface area contributed by atoms with Crippen molar-refractivity contribution in [3.8, 4) is 5.69 Å². The second kappa shape index (κ2) is 8.16. The largest absolute Gasteiger partial charge is 0.389 e. The Morgan fingerprint density at radius 1 is 1.28 bits per heavy atom. The van der Waals surface area contributed by atoms with Crippen molar-refractivity contribution < 1.29 is 9.90 Å². The Kier molecular flexibility index (Phi) is 6.00. The predicted molar refractivity (Wildman–Crippen MR) is 118 cm³/mol. The van der Waals surface area contributed by atoms with Crippen LogP contribution in [0, 0.1) is 6.92 Å². The van der Waals surface area contributed by atoms with Crippen LogP contribution >= 0.6 is 15.9 Å². The van der Waals surface area contributed by atoms with Gasteiger partial charge in [0.2, 0.25) is 0 Å². The number of aliphatic hydroxyl groups is 1. The van der Waals surface area contributed by atoms with E-state index >= 15 is 0 Å². The number of halogens is 1. The van der Waals surface area contributed by atoms with Gasteiger partial charge in [0, 0.05) is 4.48 Å². The maximum absolute atomic E-state index is 13.3. The summed E-state index contributed by atoms with van der Waals surface area (Å²) in [5.41, 5.74) is 0.845. The summed E-state index contributed by atoms with van der Waals surface area (Å²) in [4.78, 5) is 26.3. The van der Waals surface area contributed by atoms with Crippen LogP contribution in [0.1, 0.15) is 43.2 Å². The van der Waals surface area contributed by atoms with Crippen LogP contribution in [0.3, 0.4) is 0 Å². The van der Waals surface area contributed by atoms with Gasteiger partial charge in [0.25, 0.3) is 11.5 Å². The maximum Gasteiger partial charge on any atom is 0.284 e. The number of carbonyl (C=O) groups is 1. The first kappa shape index (κ1) is 21.3. The smallest absolute Gasteiger partial charge is 0.284 e. The Hall–Kier alpha value is -2.38. The van der Waals surface area contributed by atoms with Crippen LogP contribution in [0.5, 0.6) is 0 Å². The zero-order valence-electron chi connectivity index (χ0n) is 17.1. The molecule has 0 saturated carbocycles. The highest BCUT2D eigenvalue weighted by molar-refractivity contribution is 9.12. The number of amides is 1. The Bertz CT molecular complexity index is 1040. The first-order valence-corrected chi connectivity index (χ1v) is 10.3. The third-order valence-corrected chi connectivity index (χ3v) is 5.81. The fourth-order valence-electron chi connectivity index (χ4n) is 3.47. The normalized spacial score (nSPS) is 17.0. The van der Waals surface area contributed by atoms with E-state index in [1.165, 1.54) is 4.68 Å². The van der Waals surface area contributed by atoms with E-state index in [4.69, 9.17) is 0 Å². The predicted octanol–water partition coefficient (Wildman–Crippen LogP) is 3.45. The molecular weight excluding hydrogens is 434 g/mol. The quantitative estimate of drug-likeness (QED) is 0.718. The molecule has 2 aromatic rings. The molecule has 1 heterocycles. The van der Waals surface area contributed by atoms with Crippen LogP contribution < -0.4 is 10.9 Å². The fourth-order valence-corrected chi connectivity index (χ4v) is 3.79. The number of aromatic nitrogens is 2. The summed E-state index contributed by atoms with van der Waals surface area (Å²) in [5, 5.41) is 13.3. The molecule has 0 saturated heterocycles. The first-order chi connectivity index (χ1) is 13.6. The van der Waals surface area contributed by atoms with Gasteiger partial charge in [-0.25, -0.2) is 4.68 Å². The lowest BCUT2D eigenvalue weighted by Gasteiger charge is -2.22. The minimum absolute atomic E-state index is 0.0952. The number of carbonyl (C=O) groups excluding carboxylic acids is 1. The molecule has 154 valence electrons. The topological polar surface area (TPSA) is 76.3 Å². The molecule has 0 spiro atoms. The third kappa shape index (κ3) is 4.62. The molecule has 2 N–H and O–H groups in total. The number of rotatable bonds is 5. The van der Waals surface area contributed by atoms with E-state index in [2.05, 4.69) is 21.2 Å². The molecule has 1 unspecified atom stereocenters. The second-order valence-electron chi connectivity index (χ2n) is 8.00. The number of hydrogen-bond donors (Lipinski definition) is 2. The zero-order chi connectivity index (χ0) is 21.3. The van der Waals surface area contributed by atoms with E-state index in [1.807, 2.05) is 37.3 Å². The molecule has 0 bridgehead atoms. The molecule has 1 amide bonds. The first-order valence-electron chi connectivity index (χ1n) is 9.54. The summed E-state index contributed by atoms with van der Waals surface area (Å²) in [5.74, 6) is -0.410. The molecule has 7 heteroatoms. The number of para-hydroxylation sites is 1. The van der Waals surface area contributed by atoms with Crippen molar-refractivity contribution in [2.75, 3.05) is 0 Å². The van der Waals surface area contributed by atoms with E-state index in [1.54, 1.807) is 37.6 Å². The van der Waals surface area contributed by atoms with Crippen LogP contribution in [0.4, 0.5) is 0 Å². The third-order valence-electron chi connectivity index (χ3n) is 4.86. The van der Waals surface area contributed by atoms with Crippen LogP contribution in [-0.4, -0.2) is 32.0 Å². The Labute approximate surface area is 178 Å². The van der Waals surface area contributed by atoms with Crippen LogP contribution in [0.25, 0.3) is 5.69 Å². The van der Waals surface area contributed by atoms with Crippen molar-refractivity contribution in [2.24, 2.45) is 0 Å². The van der Waals surface area contributed by atoms with Crippen molar-refractivity contribution >= 4 is 21.8 Å². The fraction of sp³-hybridized carbons (Fsp3) is 0.364. The van der Waals surface area contributed by atoms with Crippen molar-refractivity contribution in [3.63, 3.8) is 0 Å². The minimum Gasteiger partial charge on any atom is -0.389 e. The monoisotopic (exact) mass is 459 g/mol. The van der Waals surface area contributed by atoms with E-state index in [-0.39, 0.29) is 18.2 Å². The standard InChI is InChI=1S/C22H26BrN3O3/c1-14-12-16(10-11-18(14)23)24-20(27)19-15(2)25(13-22(3,4)29)26(21(19)28)17-8-6-5-7-9-17/h5-9,11-12,16,29H,10,13H2,1-4H3,(H,24,27). The Balaban J connectivity index is 2.03. The molecule has 3 rings (SSSR count). The summed E-state index contributed by atoms with van der Waals surface area (Å²) >= 11 is 3.48. The van der Waals surface area contributed by atoms with Gasteiger partial charge >= 0.3 is 0 Å². The molecule has 0 aliphatic heterocycles. The molecule has 1 atom stereocenters. The molecule has 1 aliphatic rings. The number of benzene rings is 1. The average Bonchev–Trinajstić information content (AvgIpc) is 2.87. The number of hydrogen-bond acceptors (Lipinski definition) is 3. The molecule has 1 aliphatic carbocycles. The van der Waals surface area contributed by atoms with E-state index in [0.29, 0.717) is 17.8 Å². The van der Waals surface area contributed by atoms with Crippen molar-refractivity contribution in [2.45, 2.75) is 52.3 Å². The summed E-state index contributed by atoms with van der Waals surface area (Å²) in [7, 11) is 0. The lowest BCUT2D eigenvalue weighted by molar-refractivity contribution is 0.0545. The van der Waals surface area contributed by atoms with Gasteiger partial charge in [-0.2, -0.15) is 0 Å². The summed E-state index contributed by atoms with van der Waals surface area (Å²) < 4.78 is 4.15. The van der Waals surface area contributed by atoms with Crippen LogP contribution in [0.15, 0.2) is 57.3 Å². The highest BCUT2D eigenvalue weighted by Crippen LogP contribution is 2.23. The van der Waals surface area contributed by atoms with Gasteiger partial charge in [-0.05, 0) is 51.8 Å². The summed E-state index contributed by atoms with van der Waals surface area (Å²) in [6, 6.07) is 8.96. The minimum atomic E-state index is -1.05. The van der Waals surface area contributed by atoms with Crippen molar-refractivity contribution in [1.82, 2.24) is 14.7 Å². The highest BCUT2D eigenvalue weighted by atomic mass is 79.9. The lowest BCUT2D eigenvalue weighted by atomic mass is 10.0. The van der Waals surface area contributed by atoms with Gasteiger partial charge in [0.05, 0.1) is 29.6 Å². The molecular formula is C22H26BrN3O3. The second-order valence-corrected chi connectivity index (χ2v) is 8.85. The molecule has 0 radical (unpaired) electrons. The van der Waals surface area contributed by atoms with Gasteiger partial charge in [-0.1, -0.05) is 46.3 Å². The number of nitrogens with zero attached hydrogens (tertiary/aromatic N) is 2. The van der Waals surface area contributed by atoms with E-state index in [9.17, 15) is 14.7 Å². The Morgan fingerprint density at radius 2 is 1.93 bits per heavy atom. The molecule has 1 aromatic carbocycles. The summed E-state index contributed by atoms with van der Waals surface area (Å²) in [6.07, 6.45) is 4.63. The van der Waals surface area contributed by atoms with Gasteiger partial charge in [0.1, 0.15) is 5.56 Å². The SMILES string of the molecule is CC1=CC(NC(=O)c2c(C)n(CC(C)(C)O)n(-c3ccccc3)c2=O)CC=C1Br. The van der Waals surface area contributed by atoms with E-state index in [0.717, 1.165) is 10.1 Å². The van der Waals surface area contributed by atoms with E-state index < -0.39 is 17.1 Å². The zero-order valence-corrected chi connectivity index (χ0v) is 18.7. The van der Waals surface area contributed by atoms with Gasteiger partial charge < -0.3 is 10.4 Å². The lowest BCUT2D eigenvalue weighted by Crippen LogP contribution is -2.37. The van der Waals surface area contributed by atoms with Crippen molar-refractivity contribution in [1.29, 1.82) is 0 Å². The highest BCUT2D eigenvalue weighted by Gasteiger charge is 2.27. The molecule has 1 aromatic heterocycles. The van der Waals surface area contributed by atoms with Crippen molar-refractivity contribution in [3.05, 3.63) is 74.2 Å². The molecule has 6 nitrogen and oxygen atoms in total. The molecule has 0 fully saturated rings. The van der Waals surface area contributed by atoms with Gasteiger partial charge in [0.15, 0.2) is 0 Å². The number of nitrogens with one attached hydrogen (secondary N) is 1. The number of allylic oxidation sites excluding steroid dienone is 2. The van der Waals surface area contributed by atoms with Crippen LogP contribution in [0.2, 0.25) is 0 Å². The molecule has 29 heavy (non-hydrogen) atoms.